The molecule has 0 saturated carbocycles. The Morgan fingerprint density at radius 1 is 0.475 bits per heavy atom. The Hall–Kier alpha value is -7.89. The minimum atomic E-state index is 0.826. The second-order valence-corrected chi connectivity index (χ2v) is 15.5. The monoisotopic (exact) mass is 754 g/mol. The lowest BCUT2D eigenvalue weighted by atomic mass is 9.99. The maximum Gasteiger partial charge on any atom is 0.137 e. The number of benzene rings is 7. The number of pyridine rings is 1. The molecular formula is C54H34N4O. The van der Waals surface area contributed by atoms with E-state index in [1.54, 1.807) is 0 Å². The van der Waals surface area contributed by atoms with Crippen molar-refractivity contribution in [2.75, 3.05) is 0 Å². The Kier molecular flexibility index (Phi) is 6.72. The van der Waals surface area contributed by atoms with E-state index in [4.69, 9.17) is 9.40 Å². The normalized spacial score (nSPS) is 13.5. The number of hydrogen-bond acceptors (Lipinski definition) is 2. The molecule has 276 valence electrons. The molecule has 0 amide bonds. The average molecular weight is 755 g/mol. The van der Waals surface area contributed by atoms with Crippen molar-refractivity contribution in [2.24, 2.45) is 0 Å². The van der Waals surface area contributed by atoms with Gasteiger partial charge < -0.3 is 13.6 Å². The summed E-state index contributed by atoms with van der Waals surface area (Å²) in [6.07, 6.45) is 11.8. The number of hydrogen-bond donors (Lipinski definition) is 0. The van der Waals surface area contributed by atoms with Crippen molar-refractivity contribution < 1.29 is 4.42 Å². The van der Waals surface area contributed by atoms with Crippen molar-refractivity contribution in [1.29, 1.82) is 0 Å². The Morgan fingerprint density at radius 2 is 1.12 bits per heavy atom. The fourth-order valence-corrected chi connectivity index (χ4v) is 9.85. The summed E-state index contributed by atoms with van der Waals surface area (Å²) in [6, 6.07) is 58.8. The van der Waals surface area contributed by atoms with Gasteiger partial charge in [0, 0.05) is 60.7 Å². The molecule has 0 aliphatic heterocycles. The van der Waals surface area contributed by atoms with Gasteiger partial charge in [-0.1, -0.05) is 109 Å². The third kappa shape index (κ3) is 4.58. The molecular weight excluding hydrogens is 721 g/mol. The van der Waals surface area contributed by atoms with Gasteiger partial charge in [-0.25, -0.2) is 4.98 Å². The van der Waals surface area contributed by atoms with Crippen LogP contribution >= 0.6 is 0 Å². The van der Waals surface area contributed by atoms with Gasteiger partial charge in [-0.2, -0.15) is 0 Å². The SMILES string of the molecule is C1=CCC(c2ccc3oc4ccccc4c3c2)=CC(n2c3ccccc3c3c2ccc2c4ccc5c(c6ccccc6n5-c5ccccn5)c4n(-c4ccccc4)c23)=C1. The number of aromatic nitrogens is 4. The predicted molar refractivity (Wildman–Crippen MR) is 246 cm³/mol. The van der Waals surface area contributed by atoms with E-state index in [9.17, 15) is 0 Å². The number of para-hydroxylation sites is 4. The summed E-state index contributed by atoms with van der Waals surface area (Å²) in [5.74, 6) is 0.905. The van der Waals surface area contributed by atoms with Crippen molar-refractivity contribution >= 4 is 98.6 Å². The van der Waals surface area contributed by atoms with Gasteiger partial charge in [-0.15, -0.1) is 0 Å². The van der Waals surface area contributed by atoms with E-state index in [1.807, 2.05) is 24.4 Å². The van der Waals surface area contributed by atoms with Crippen LogP contribution in [0.3, 0.4) is 0 Å². The highest BCUT2D eigenvalue weighted by molar-refractivity contribution is 6.31. The maximum absolute atomic E-state index is 6.21. The van der Waals surface area contributed by atoms with Crippen LogP contribution in [0.15, 0.2) is 199 Å². The van der Waals surface area contributed by atoms with Crippen LogP contribution in [0.2, 0.25) is 0 Å². The molecule has 0 N–H and O–H groups in total. The molecule has 7 aromatic carbocycles. The van der Waals surface area contributed by atoms with Gasteiger partial charge in [-0.3, -0.25) is 4.57 Å². The van der Waals surface area contributed by atoms with E-state index in [1.165, 1.54) is 65.5 Å². The molecule has 5 nitrogen and oxygen atoms in total. The zero-order chi connectivity index (χ0) is 38.6. The molecule has 0 bridgehead atoms. The van der Waals surface area contributed by atoms with Crippen molar-refractivity contribution in [1.82, 2.24) is 18.7 Å². The number of nitrogens with zero attached hydrogens (tertiary/aromatic N) is 4. The van der Waals surface area contributed by atoms with E-state index in [0.29, 0.717) is 0 Å². The van der Waals surface area contributed by atoms with Gasteiger partial charge in [0.15, 0.2) is 0 Å². The van der Waals surface area contributed by atoms with Crippen molar-refractivity contribution in [2.45, 2.75) is 6.42 Å². The first-order valence-corrected chi connectivity index (χ1v) is 20.2. The number of allylic oxidation sites excluding steroid dienone is 6. The van der Waals surface area contributed by atoms with Gasteiger partial charge in [-0.05, 0) is 96.4 Å². The quantitative estimate of drug-likeness (QED) is 0.180. The summed E-state index contributed by atoms with van der Waals surface area (Å²) < 4.78 is 13.5. The maximum atomic E-state index is 6.21. The first-order valence-electron chi connectivity index (χ1n) is 20.2. The van der Waals surface area contributed by atoms with E-state index < -0.39 is 0 Å². The molecule has 5 aromatic heterocycles. The second kappa shape index (κ2) is 12.3. The zero-order valence-electron chi connectivity index (χ0n) is 31.9. The summed E-state index contributed by atoms with van der Waals surface area (Å²) in [7, 11) is 0. The molecule has 12 aromatic rings. The first-order chi connectivity index (χ1) is 29.3. The summed E-state index contributed by atoms with van der Waals surface area (Å²) in [6.45, 7) is 0. The average Bonchev–Trinajstić information content (AvgIpc) is 3.98. The molecule has 0 fully saturated rings. The largest absolute Gasteiger partial charge is 0.456 e. The van der Waals surface area contributed by atoms with Gasteiger partial charge in [0.25, 0.3) is 0 Å². The van der Waals surface area contributed by atoms with Crippen molar-refractivity contribution in [3.05, 3.63) is 200 Å². The zero-order valence-corrected chi connectivity index (χ0v) is 31.9. The van der Waals surface area contributed by atoms with Crippen LogP contribution in [0.4, 0.5) is 0 Å². The third-order valence-electron chi connectivity index (χ3n) is 12.3. The molecule has 5 heteroatoms. The molecule has 0 radical (unpaired) electrons. The number of fused-ring (bicyclic) bond motifs is 14. The number of rotatable bonds is 4. The minimum absolute atomic E-state index is 0.826. The van der Waals surface area contributed by atoms with E-state index in [-0.39, 0.29) is 0 Å². The smallest absolute Gasteiger partial charge is 0.137 e. The van der Waals surface area contributed by atoms with Crippen LogP contribution in [0.25, 0.3) is 110 Å². The van der Waals surface area contributed by atoms with Crippen molar-refractivity contribution in [3.8, 4) is 11.5 Å². The third-order valence-corrected chi connectivity index (χ3v) is 12.3. The highest BCUT2D eigenvalue weighted by Gasteiger charge is 2.25. The second-order valence-electron chi connectivity index (χ2n) is 15.5. The summed E-state index contributed by atoms with van der Waals surface area (Å²) in [5.41, 5.74) is 13.5. The topological polar surface area (TPSA) is 40.8 Å². The Labute approximate surface area is 338 Å². The first kappa shape index (κ1) is 32.2. The fraction of sp³-hybridized carbons (Fsp3) is 0.0185. The van der Waals surface area contributed by atoms with Gasteiger partial charge in [0.05, 0.1) is 33.1 Å². The number of furan rings is 1. The standard InChI is InChI=1S/C54H34N4O/c1-2-15-36(16-3-1)57-53-39(40-27-29-47-52(54(40)57)42-20-7-10-22-45(42)58(47)50-24-12-13-31-55-50)26-28-46-51(53)41-19-6-9-21-44(41)56(46)37-17-5-4-14-34(32-37)35-25-30-49-43(33-35)38-18-8-11-23-48(38)59-49/h1-13,15-33H,14H2. The van der Waals surface area contributed by atoms with Crippen LogP contribution in [0, 0.1) is 0 Å². The Bertz CT molecular complexity index is 3800. The molecule has 59 heavy (non-hydrogen) atoms. The van der Waals surface area contributed by atoms with Crippen molar-refractivity contribution in [3.63, 3.8) is 0 Å². The van der Waals surface area contributed by atoms with Crippen LogP contribution < -0.4 is 0 Å². The molecule has 13 rings (SSSR count). The fourth-order valence-electron chi connectivity index (χ4n) is 9.85. The minimum Gasteiger partial charge on any atom is -0.456 e. The highest BCUT2D eigenvalue weighted by atomic mass is 16.3. The van der Waals surface area contributed by atoms with E-state index in [0.717, 1.165) is 56.6 Å². The van der Waals surface area contributed by atoms with Gasteiger partial charge in [0.2, 0.25) is 0 Å². The van der Waals surface area contributed by atoms with Crippen LogP contribution in [0.1, 0.15) is 12.0 Å². The molecule has 0 atom stereocenters. The summed E-state index contributed by atoms with van der Waals surface area (Å²) >= 11 is 0. The van der Waals surface area contributed by atoms with Gasteiger partial charge in [0.1, 0.15) is 17.0 Å². The van der Waals surface area contributed by atoms with Crippen LogP contribution in [-0.4, -0.2) is 18.7 Å². The Morgan fingerprint density at radius 3 is 1.86 bits per heavy atom. The summed E-state index contributed by atoms with van der Waals surface area (Å²) in [4.78, 5) is 4.84. The molecule has 0 spiro atoms. The highest BCUT2D eigenvalue weighted by Crippen LogP contribution is 2.46. The van der Waals surface area contributed by atoms with E-state index >= 15 is 0 Å². The lowest BCUT2D eigenvalue weighted by molar-refractivity contribution is 0.669. The Balaban J connectivity index is 1.12. The molecule has 5 heterocycles. The van der Waals surface area contributed by atoms with Crippen LogP contribution in [-0.2, 0) is 0 Å². The van der Waals surface area contributed by atoms with Crippen LogP contribution in [0.5, 0.6) is 0 Å². The predicted octanol–water partition coefficient (Wildman–Crippen LogP) is 14.2. The molecule has 0 saturated heterocycles. The lowest BCUT2D eigenvalue weighted by Gasteiger charge is -2.12. The molecule has 1 aliphatic carbocycles. The lowest BCUT2D eigenvalue weighted by Crippen LogP contribution is -1.97. The molecule has 0 unspecified atom stereocenters. The molecule has 1 aliphatic rings. The summed E-state index contributed by atoms with van der Waals surface area (Å²) in [5, 5.41) is 9.60. The van der Waals surface area contributed by atoms with Gasteiger partial charge >= 0.3 is 0 Å². The van der Waals surface area contributed by atoms with E-state index in [2.05, 4.69) is 184 Å².